The van der Waals surface area contributed by atoms with Crippen molar-refractivity contribution in [3.05, 3.63) is 27.3 Å². The molecule has 4 nitrogen and oxygen atoms in total. The van der Waals surface area contributed by atoms with Crippen LogP contribution in [0.15, 0.2) is 18.2 Å². The second-order valence-corrected chi connectivity index (χ2v) is 3.69. The zero-order chi connectivity index (χ0) is 9.84. The SMILES string of the molecule is NNc1cc(CC(=O)O)ccc1I. The van der Waals surface area contributed by atoms with Gasteiger partial charge in [0, 0.05) is 3.57 Å². The lowest BCUT2D eigenvalue weighted by Crippen LogP contribution is -2.09. The van der Waals surface area contributed by atoms with Gasteiger partial charge in [-0.15, -0.1) is 0 Å². The van der Waals surface area contributed by atoms with Gasteiger partial charge in [0.15, 0.2) is 0 Å². The summed E-state index contributed by atoms with van der Waals surface area (Å²) in [5.74, 6) is 4.40. The fraction of sp³-hybridized carbons (Fsp3) is 0.125. The number of anilines is 1. The minimum Gasteiger partial charge on any atom is -0.481 e. The number of hydrogen-bond acceptors (Lipinski definition) is 3. The van der Waals surface area contributed by atoms with Crippen molar-refractivity contribution in [2.24, 2.45) is 5.84 Å². The predicted octanol–water partition coefficient (Wildman–Crippen LogP) is 1.20. The topological polar surface area (TPSA) is 75.3 Å². The molecule has 0 spiro atoms. The lowest BCUT2D eigenvalue weighted by Gasteiger charge is -2.05. The Morgan fingerprint density at radius 1 is 1.62 bits per heavy atom. The number of rotatable bonds is 3. The minimum absolute atomic E-state index is 0.0194. The first kappa shape index (κ1) is 10.3. The molecular weight excluding hydrogens is 283 g/mol. The van der Waals surface area contributed by atoms with Gasteiger partial charge in [-0.25, -0.2) is 0 Å². The normalized spacial score (nSPS) is 9.69. The lowest BCUT2D eigenvalue weighted by atomic mass is 10.1. The quantitative estimate of drug-likeness (QED) is 0.444. The molecule has 0 aromatic heterocycles. The van der Waals surface area contributed by atoms with Gasteiger partial charge < -0.3 is 10.5 Å². The van der Waals surface area contributed by atoms with Crippen molar-refractivity contribution < 1.29 is 9.90 Å². The van der Waals surface area contributed by atoms with E-state index < -0.39 is 5.97 Å². The first-order chi connectivity index (χ1) is 6.13. The summed E-state index contributed by atoms with van der Waals surface area (Å²) < 4.78 is 0.967. The van der Waals surface area contributed by atoms with E-state index in [0.717, 1.165) is 14.8 Å². The molecule has 70 valence electrons. The number of carboxylic acids is 1. The molecule has 0 heterocycles. The predicted molar refractivity (Wildman–Crippen MR) is 58.3 cm³/mol. The molecule has 0 aliphatic rings. The van der Waals surface area contributed by atoms with E-state index in [1.807, 2.05) is 6.07 Å². The second kappa shape index (κ2) is 4.43. The number of benzene rings is 1. The Bertz CT molecular complexity index is 328. The number of carboxylic acid groups (broad SMARTS) is 1. The summed E-state index contributed by atoms with van der Waals surface area (Å²) in [5.41, 5.74) is 3.99. The first-order valence-electron chi connectivity index (χ1n) is 3.60. The highest BCUT2D eigenvalue weighted by Crippen LogP contribution is 2.18. The number of hydrogen-bond donors (Lipinski definition) is 3. The summed E-state index contributed by atoms with van der Waals surface area (Å²) in [7, 11) is 0. The third kappa shape index (κ3) is 2.85. The average molecular weight is 292 g/mol. The van der Waals surface area contributed by atoms with E-state index >= 15 is 0 Å². The second-order valence-electron chi connectivity index (χ2n) is 2.53. The van der Waals surface area contributed by atoms with Crippen molar-refractivity contribution in [3.8, 4) is 0 Å². The molecule has 1 aromatic carbocycles. The molecule has 0 atom stereocenters. The number of nitrogens with two attached hydrogens (primary N) is 1. The molecule has 1 rings (SSSR count). The fourth-order valence-electron chi connectivity index (χ4n) is 0.968. The van der Waals surface area contributed by atoms with Crippen LogP contribution in [0.3, 0.4) is 0 Å². The summed E-state index contributed by atoms with van der Waals surface area (Å²) >= 11 is 2.12. The van der Waals surface area contributed by atoms with Gasteiger partial charge in [0.2, 0.25) is 0 Å². The van der Waals surface area contributed by atoms with E-state index in [4.69, 9.17) is 10.9 Å². The molecule has 4 N–H and O–H groups in total. The summed E-state index contributed by atoms with van der Waals surface area (Å²) in [6, 6.07) is 5.33. The van der Waals surface area contributed by atoms with Gasteiger partial charge in [0.1, 0.15) is 0 Å². The maximum Gasteiger partial charge on any atom is 0.307 e. The summed E-state index contributed by atoms with van der Waals surface area (Å²) in [6.07, 6.45) is 0.0194. The molecule has 0 aliphatic heterocycles. The Morgan fingerprint density at radius 2 is 2.31 bits per heavy atom. The van der Waals surface area contributed by atoms with E-state index in [1.165, 1.54) is 0 Å². The molecule has 0 amide bonds. The molecule has 0 unspecified atom stereocenters. The standard InChI is InChI=1S/C8H9IN2O2/c9-6-2-1-5(4-8(12)13)3-7(6)11-10/h1-3,11H,4,10H2,(H,12,13). The zero-order valence-electron chi connectivity index (χ0n) is 6.75. The molecule has 0 fully saturated rings. The van der Waals surface area contributed by atoms with Crippen LogP contribution < -0.4 is 11.3 Å². The van der Waals surface area contributed by atoms with Gasteiger partial charge in [-0.05, 0) is 40.3 Å². The Hall–Kier alpha value is -0.820. The molecule has 0 radical (unpaired) electrons. The Labute approximate surface area is 89.2 Å². The Balaban J connectivity index is 2.92. The van der Waals surface area contributed by atoms with Crippen molar-refractivity contribution in [3.63, 3.8) is 0 Å². The average Bonchev–Trinajstić information content (AvgIpc) is 2.07. The van der Waals surface area contributed by atoms with Crippen LogP contribution in [-0.2, 0) is 11.2 Å². The minimum atomic E-state index is -0.843. The van der Waals surface area contributed by atoms with Gasteiger partial charge in [-0.3, -0.25) is 10.6 Å². The van der Waals surface area contributed by atoms with Crippen molar-refractivity contribution >= 4 is 34.2 Å². The molecule has 1 aromatic rings. The highest BCUT2D eigenvalue weighted by Gasteiger charge is 2.03. The van der Waals surface area contributed by atoms with Gasteiger partial charge in [-0.1, -0.05) is 6.07 Å². The number of nitrogen functional groups attached to an aromatic ring is 1. The highest BCUT2D eigenvalue weighted by atomic mass is 127. The van der Waals surface area contributed by atoms with E-state index in [9.17, 15) is 4.79 Å². The first-order valence-corrected chi connectivity index (χ1v) is 4.68. The third-order valence-electron chi connectivity index (χ3n) is 1.54. The van der Waals surface area contributed by atoms with Gasteiger partial charge in [-0.2, -0.15) is 0 Å². The number of halogens is 1. The van der Waals surface area contributed by atoms with Crippen molar-refractivity contribution in [1.82, 2.24) is 0 Å². The molecule has 13 heavy (non-hydrogen) atoms. The monoisotopic (exact) mass is 292 g/mol. The number of aliphatic carboxylic acids is 1. The molecule has 0 saturated carbocycles. The van der Waals surface area contributed by atoms with Crippen molar-refractivity contribution in [2.75, 3.05) is 5.43 Å². The Kier molecular flexibility index (Phi) is 3.49. The smallest absolute Gasteiger partial charge is 0.307 e. The number of hydrazine groups is 1. The third-order valence-corrected chi connectivity index (χ3v) is 2.48. The van der Waals surface area contributed by atoms with E-state index in [0.29, 0.717) is 0 Å². The molecule has 0 saturated heterocycles. The molecule has 0 aliphatic carbocycles. The number of nitrogens with one attached hydrogen (secondary N) is 1. The van der Waals surface area contributed by atoms with Crippen LogP contribution in [0.25, 0.3) is 0 Å². The largest absolute Gasteiger partial charge is 0.481 e. The Morgan fingerprint density at radius 3 is 2.85 bits per heavy atom. The van der Waals surface area contributed by atoms with E-state index in [1.54, 1.807) is 12.1 Å². The lowest BCUT2D eigenvalue weighted by molar-refractivity contribution is -0.136. The summed E-state index contributed by atoms with van der Waals surface area (Å²) in [4.78, 5) is 10.4. The van der Waals surface area contributed by atoms with E-state index in [-0.39, 0.29) is 6.42 Å². The zero-order valence-corrected chi connectivity index (χ0v) is 8.91. The van der Waals surface area contributed by atoms with Crippen LogP contribution >= 0.6 is 22.6 Å². The van der Waals surface area contributed by atoms with Gasteiger partial charge in [0.25, 0.3) is 0 Å². The maximum atomic E-state index is 10.4. The molecular formula is C8H9IN2O2. The van der Waals surface area contributed by atoms with Crippen LogP contribution in [0, 0.1) is 3.57 Å². The fourth-order valence-corrected chi connectivity index (χ4v) is 1.46. The van der Waals surface area contributed by atoms with Crippen LogP contribution in [-0.4, -0.2) is 11.1 Å². The molecule has 0 bridgehead atoms. The van der Waals surface area contributed by atoms with Crippen molar-refractivity contribution in [1.29, 1.82) is 0 Å². The van der Waals surface area contributed by atoms with E-state index in [2.05, 4.69) is 28.0 Å². The maximum absolute atomic E-state index is 10.4. The van der Waals surface area contributed by atoms with Crippen LogP contribution in [0.5, 0.6) is 0 Å². The van der Waals surface area contributed by atoms with Crippen LogP contribution in [0.1, 0.15) is 5.56 Å². The van der Waals surface area contributed by atoms with Crippen molar-refractivity contribution in [2.45, 2.75) is 6.42 Å². The molecule has 5 heteroatoms. The summed E-state index contributed by atoms with van der Waals surface area (Å²) in [5, 5.41) is 8.55. The van der Waals surface area contributed by atoms with Crippen LogP contribution in [0.2, 0.25) is 0 Å². The van der Waals surface area contributed by atoms with Crippen LogP contribution in [0.4, 0.5) is 5.69 Å². The van der Waals surface area contributed by atoms with Gasteiger partial charge in [0.05, 0.1) is 12.1 Å². The highest BCUT2D eigenvalue weighted by molar-refractivity contribution is 14.1. The summed E-state index contributed by atoms with van der Waals surface area (Å²) in [6.45, 7) is 0. The van der Waals surface area contributed by atoms with Gasteiger partial charge >= 0.3 is 5.97 Å². The number of carbonyl (C=O) groups is 1.